The third-order valence-electron chi connectivity index (χ3n) is 5.66. The molecule has 0 aliphatic heterocycles. The smallest absolute Gasteiger partial charge is 0 e. The molecule has 0 fully saturated rings. The second-order valence-corrected chi connectivity index (χ2v) is 6.99. The average molecular weight is 334 g/mol. The summed E-state index contributed by atoms with van der Waals surface area (Å²) in [4.78, 5) is 0. The third-order valence-corrected chi connectivity index (χ3v) is 5.66. The van der Waals surface area contributed by atoms with E-state index >= 15 is 0 Å². The standard InChI is InChI=1S/C21H26.Fe/c1-2-7-17-14-15-19-9-4-3-8-18-13-12-16(6-1)20(18)10-5-11-21(17)19;/h12-15H,1-11H2;/q-6;. The van der Waals surface area contributed by atoms with Crippen LogP contribution >= 0.6 is 0 Å². The van der Waals surface area contributed by atoms with Crippen LogP contribution in [-0.4, -0.2) is 0 Å². The Bertz CT molecular complexity index is 513. The molecule has 22 heavy (non-hydrogen) atoms. The maximum absolute atomic E-state index is 2.44. The van der Waals surface area contributed by atoms with Crippen molar-refractivity contribution in [3.8, 4) is 0 Å². The largest absolute Gasteiger partial charge is 0.745 e. The molecule has 1 heteroatoms. The molecule has 0 unspecified atom stereocenters. The zero-order valence-electron chi connectivity index (χ0n) is 13.4. The second-order valence-electron chi connectivity index (χ2n) is 6.99. The maximum Gasteiger partial charge on any atom is 0 e. The molecule has 0 nitrogen and oxygen atoms in total. The molecule has 0 aromatic heterocycles. The first-order valence-electron chi connectivity index (χ1n) is 8.94. The molecule has 0 atom stereocenters. The normalized spacial score (nSPS) is 18.4. The van der Waals surface area contributed by atoms with Crippen LogP contribution in [0.3, 0.4) is 0 Å². The number of rotatable bonds is 0. The third kappa shape index (κ3) is 3.12. The summed E-state index contributed by atoms with van der Waals surface area (Å²) < 4.78 is 0. The van der Waals surface area contributed by atoms with E-state index in [1.165, 1.54) is 70.6 Å². The molecule has 0 saturated heterocycles. The van der Waals surface area contributed by atoms with Gasteiger partial charge in [0.25, 0.3) is 0 Å². The van der Waals surface area contributed by atoms with Crippen LogP contribution in [0, 0.1) is 0 Å². The van der Waals surface area contributed by atoms with E-state index in [2.05, 4.69) is 24.3 Å². The van der Waals surface area contributed by atoms with Crippen LogP contribution in [0.15, 0.2) is 24.3 Å². The van der Waals surface area contributed by atoms with Gasteiger partial charge in [0.05, 0.1) is 0 Å². The Labute approximate surface area is 145 Å². The summed E-state index contributed by atoms with van der Waals surface area (Å²) in [6.07, 6.45) is 14.6. The Morgan fingerprint density at radius 3 is 1.86 bits per heavy atom. The summed E-state index contributed by atoms with van der Waals surface area (Å²) in [5.74, 6) is 0. The van der Waals surface area contributed by atoms with Crippen LogP contribution < -0.4 is 0 Å². The van der Waals surface area contributed by atoms with Gasteiger partial charge in [-0.2, -0.15) is 16.7 Å². The Kier molecular flexibility index (Phi) is 5.26. The van der Waals surface area contributed by atoms with Gasteiger partial charge in [-0.1, -0.05) is 51.4 Å². The molecule has 0 heterocycles. The van der Waals surface area contributed by atoms with Crippen LogP contribution in [0.2, 0.25) is 0 Å². The van der Waals surface area contributed by atoms with Crippen LogP contribution in [0.1, 0.15) is 65.5 Å². The predicted molar refractivity (Wildman–Crippen MR) is 89.4 cm³/mol. The molecular formula is C21H26Fe-6. The minimum absolute atomic E-state index is 0. The molecule has 2 aromatic rings. The van der Waals surface area contributed by atoms with Gasteiger partial charge in [0.2, 0.25) is 0 Å². The molecule has 0 spiro atoms. The summed E-state index contributed by atoms with van der Waals surface area (Å²) >= 11 is 0. The molecular weight excluding hydrogens is 308 g/mol. The molecule has 2 aromatic carbocycles. The molecule has 2 aliphatic rings. The van der Waals surface area contributed by atoms with Crippen molar-refractivity contribution >= 4 is 0 Å². The van der Waals surface area contributed by atoms with E-state index in [9.17, 15) is 0 Å². The Morgan fingerprint density at radius 1 is 0.682 bits per heavy atom. The molecule has 124 valence electrons. The number of aryl methyl sites for hydroxylation is 4. The van der Waals surface area contributed by atoms with Crippen molar-refractivity contribution in [2.24, 2.45) is 0 Å². The predicted octanol–water partition coefficient (Wildman–Crippen LogP) is 5.05. The van der Waals surface area contributed by atoms with Gasteiger partial charge < -0.3 is 28.8 Å². The van der Waals surface area contributed by atoms with Crippen LogP contribution in [0.5, 0.6) is 0 Å². The topological polar surface area (TPSA) is 0 Å². The van der Waals surface area contributed by atoms with Crippen molar-refractivity contribution in [3.05, 3.63) is 57.6 Å². The summed E-state index contributed by atoms with van der Waals surface area (Å²) in [6.45, 7) is 0. The van der Waals surface area contributed by atoms with Gasteiger partial charge in [-0.15, -0.1) is 0 Å². The number of fused-ring (bicyclic) bond motifs is 2. The summed E-state index contributed by atoms with van der Waals surface area (Å²) in [5.41, 5.74) is 10.1. The fourth-order valence-corrected chi connectivity index (χ4v) is 4.50. The van der Waals surface area contributed by atoms with Crippen molar-refractivity contribution in [2.45, 2.75) is 70.6 Å². The van der Waals surface area contributed by atoms with Gasteiger partial charge in [0, 0.05) is 17.1 Å². The zero-order chi connectivity index (χ0) is 14.1. The fraction of sp³-hybridized carbons (Fsp3) is 0.524. The SMILES string of the molecule is [Fe].c1cc2[c-]3c1CCCC[c-]1[cH-][cH-][c-]([c-]1CCC3)CCCC2. The van der Waals surface area contributed by atoms with Gasteiger partial charge in [0.1, 0.15) is 0 Å². The molecule has 0 N–H and O–H groups in total. The van der Waals surface area contributed by atoms with Crippen molar-refractivity contribution in [1.29, 1.82) is 0 Å². The van der Waals surface area contributed by atoms with Crippen molar-refractivity contribution < 1.29 is 17.1 Å². The van der Waals surface area contributed by atoms with Crippen molar-refractivity contribution in [3.63, 3.8) is 0 Å². The number of hydrogen-bond acceptors (Lipinski definition) is 0. The Balaban J connectivity index is 0.00000144. The van der Waals surface area contributed by atoms with Gasteiger partial charge in [-0.25, -0.2) is 31.4 Å². The quantitative estimate of drug-likeness (QED) is 0.467. The minimum Gasteiger partial charge on any atom is -0.745 e. The van der Waals surface area contributed by atoms with E-state index in [0.29, 0.717) is 0 Å². The van der Waals surface area contributed by atoms with Crippen molar-refractivity contribution in [1.82, 2.24) is 0 Å². The monoisotopic (exact) mass is 334 g/mol. The summed E-state index contributed by atoms with van der Waals surface area (Å²) in [7, 11) is 0. The molecule has 0 radical (unpaired) electrons. The Morgan fingerprint density at radius 2 is 1.27 bits per heavy atom. The first-order valence-corrected chi connectivity index (χ1v) is 8.94. The van der Waals surface area contributed by atoms with Gasteiger partial charge in [-0.05, 0) is 0 Å². The van der Waals surface area contributed by atoms with Crippen molar-refractivity contribution in [2.75, 3.05) is 0 Å². The Hall–Kier alpha value is -0.781. The summed E-state index contributed by atoms with van der Waals surface area (Å²) in [6, 6.07) is 9.75. The molecule has 0 saturated carbocycles. The number of hydrogen-bond donors (Lipinski definition) is 0. The fourth-order valence-electron chi connectivity index (χ4n) is 4.50. The van der Waals surface area contributed by atoms with Crippen LogP contribution in [-0.2, 0) is 55.6 Å². The van der Waals surface area contributed by atoms with E-state index in [0.717, 1.165) is 0 Å². The van der Waals surface area contributed by atoms with E-state index in [1.807, 2.05) is 0 Å². The first kappa shape index (κ1) is 16.1. The second kappa shape index (κ2) is 7.19. The van der Waals surface area contributed by atoms with Gasteiger partial charge in [-0.3, -0.25) is 0 Å². The average Bonchev–Trinajstić information content (AvgIpc) is 3.03. The molecule has 2 aliphatic carbocycles. The molecule has 0 amide bonds. The molecule has 4 rings (SSSR count). The van der Waals surface area contributed by atoms with E-state index in [4.69, 9.17) is 0 Å². The van der Waals surface area contributed by atoms with E-state index in [1.54, 1.807) is 33.4 Å². The first-order chi connectivity index (χ1) is 10.4. The summed E-state index contributed by atoms with van der Waals surface area (Å²) in [5, 5.41) is 0. The van der Waals surface area contributed by atoms with Crippen LogP contribution in [0.25, 0.3) is 0 Å². The minimum atomic E-state index is 0. The van der Waals surface area contributed by atoms with Gasteiger partial charge >= 0.3 is 0 Å². The zero-order valence-corrected chi connectivity index (χ0v) is 14.5. The van der Waals surface area contributed by atoms with Gasteiger partial charge in [0.15, 0.2) is 0 Å². The maximum atomic E-state index is 2.44. The van der Waals surface area contributed by atoms with Crippen LogP contribution in [0.4, 0.5) is 0 Å². The molecule has 2 bridgehead atoms. The van der Waals surface area contributed by atoms with E-state index < -0.39 is 0 Å². The van der Waals surface area contributed by atoms with E-state index in [-0.39, 0.29) is 17.1 Å².